The summed E-state index contributed by atoms with van der Waals surface area (Å²) in [5.74, 6) is -2.09. The van der Waals surface area contributed by atoms with Crippen LogP contribution in [0, 0.1) is 0 Å². The van der Waals surface area contributed by atoms with Crippen molar-refractivity contribution in [3.8, 4) is 0 Å². The van der Waals surface area contributed by atoms with Crippen LogP contribution < -0.4 is 0 Å². The van der Waals surface area contributed by atoms with Gasteiger partial charge in [0.05, 0.1) is 6.61 Å². The monoisotopic (exact) mass is 784 g/mol. The summed E-state index contributed by atoms with van der Waals surface area (Å²) in [5, 5.41) is 30.7. The maximum absolute atomic E-state index is 12.7. The molecular formula is C41H68O12S. The minimum absolute atomic E-state index is 0.0668. The van der Waals surface area contributed by atoms with Gasteiger partial charge in [0, 0.05) is 12.8 Å². The Morgan fingerprint density at radius 2 is 1.17 bits per heavy atom. The molecule has 0 amide bonds. The number of carbonyl (C=O) groups excluding carboxylic acids is 2. The first-order valence-electron chi connectivity index (χ1n) is 19.9. The van der Waals surface area contributed by atoms with E-state index in [4.69, 9.17) is 18.9 Å². The van der Waals surface area contributed by atoms with Crippen molar-refractivity contribution in [2.24, 2.45) is 0 Å². The third kappa shape index (κ3) is 26.2. The molecule has 0 spiro atoms. The van der Waals surface area contributed by atoms with Gasteiger partial charge in [-0.05, 0) is 25.7 Å². The number of unbranched alkanes of at least 4 members (excludes halogenated alkanes) is 13. The highest BCUT2D eigenvalue weighted by atomic mass is 32.2. The average Bonchev–Trinajstić information content (AvgIpc) is 3.13. The van der Waals surface area contributed by atoms with Crippen molar-refractivity contribution < 1.29 is 56.8 Å². The fourth-order valence-electron chi connectivity index (χ4n) is 5.65. The molecule has 3 unspecified atom stereocenters. The van der Waals surface area contributed by atoms with E-state index in [2.05, 4.69) is 19.9 Å². The Hall–Kier alpha value is -2.65. The van der Waals surface area contributed by atoms with Gasteiger partial charge in [0.2, 0.25) is 0 Å². The first kappa shape index (κ1) is 49.4. The van der Waals surface area contributed by atoms with Crippen LogP contribution in [0.25, 0.3) is 0 Å². The molecule has 1 rings (SSSR count). The molecule has 0 saturated carbocycles. The van der Waals surface area contributed by atoms with Gasteiger partial charge in [0.15, 0.2) is 12.4 Å². The highest BCUT2D eigenvalue weighted by Gasteiger charge is 2.46. The predicted molar refractivity (Wildman–Crippen MR) is 210 cm³/mol. The van der Waals surface area contributed by atoms with Crippen molar-refractivity contribution >= 4 is 22.1 Å². The van der Waals surface area contributed by atoms with Crippen LogP contribution in [0.5, 0.6) is 0 Å². The Balaban J connectivity index is 2.57. The van der Waals surface area contributed by atoms with Crippen molar-refractivity contribution in [3.05, 3.63) is 60.8 Å². The molecule has 13 heteroatoms. The molecule has 1 saturated heterocycles. The summed E-state index contributed by atoms with van der Waals surface area (Å²) in [4.78, 5) is 25.2. The lowest BCUT2D eigenvalue weighted by atomic mass is 10.00. The smallest absolute Gasteiger partial charge is 0.306 e. The third-order valence-corrected chi connectivity index (χ3v) is 9.49. The second kappa shape index (κ2) is 31.5. The standard InChI is InChI=1S/C41H68O12S/c1-3-5-7-9-11-13-15-17-19-21-23-25-27-29-36(42)50-31-34(32-51-41-40(46)39(45)38(44)35(53-41)33-54(47,48)49)52-37(43)30-28-26-24-22-20-18-16-14-12-10-8-6-4-2/h6,8,10,12,14,16,18,20,22,24,34-35,38-41,44-46H,3-5,7,9,11,13,15,17,19,21,23,25-33H2,1-2H3,(H,47,48,49)/b8-6+,12-10+,16-14+,20-18+,24-22+/t34?,35-,38-,39?,40?,41+/m0/s1. The van der Waals surface area contributed by atoms with Crippen LogP contribution in [0.1, 0.15) is 129 Å². The molecule has 0 bridgehead atoms. The second-order valence-electron chi connectivity index (χ2n) is 13.7. The van der Waals surface area contributed by atoms with Crippen LogP contribution in [0.15, 0.2) is 60.8 Å². The summed E-state index contributed by atoms with van der Waals surface area (Å²) in [6.45, 7) is 3.52. The number of carbonyl (C=O) groups is 2. The molecule has 0 aliphatic carbocycles. The average molecular weight is 785 g/mol. The Labute approximate surface area is 324 Å². The van der Waals surface area contributed by atoms with Gasteiger partial charge < -0.3 is 34.3 Å². The van der Waals surface area contributed by atoms with Crippen LogP contribution >= 0.6 is 0 Å². The van der Waals surface area contributed by atoms with E-state index in [0.29, 0.717) is 19.3 Å². The van der Waals surface area contributed by atoms with Gasteiger partial charge in [0.25, 0.3) is 10.1 Å². The van der Waals surface area contributed by atoms with Crippen molar-refractivity contribution in [3.63, 3.8) is 0 Å². The van der Waals surface area contributed by atoms with Gasteiger partial charge in [-0.1, -0.05) is 152 Å². The zero-order chi connectivity index (χ0) is 39.9. The number of hydrogen-bond acceptors (Lipinski definition) is 11. The molecule has 0 aromatic carbocycles. The molecular weight excluding hydrogens is 717 g/mol. The topological polar surface area (TPSA) is 186 Å². The third-order valence-electron chi connectivity index (χ3n) is 8.74. The van der Waals surface area contributed by atoms with E-state index in [1.54, 1.807) is 0 Å². The fraction of sp³-hybridized carbons (Fsp3) is 0.707. The second-order valence-corrected chi connectivity index (χ2v) is 15.2. The molecule has 4 N–H and O–H groups in total. The van der Waals surface area contributed by atoms with Gasteiger partial charge in [-0.25, -0.2) is 0 Å². The van der Waals surface area contributed by atoms with E-state index in [1.165, 1.54) is 57.8 Å². The van der Waals surface area contributed by atoms with E-state index in [-0.39, 0.29) is 19.4 Å². The number of aliphatic hydroxyl groups is 3. The summed E-state index contributed by atoms with van der Waals surface area (Å²) in [7, 11) is -4.61. The minimum Gasteiger partial charge on any atom is -0.462 e. The number of allylic oxidation sites excluding steroid dienone is 10. The molecule has 0 radical (unpaired) electrons. The van der Waals surface area contributed by atoms with E-state index >= 15 is 0 Å². The summed E-state index contributed by atoms with van der Waals surface area (Å²) in [6.07, 6.45) is 27.2. The maximum Gasteiger partial charge on any atom is 0.306 e. The lowest BCUT2D eigenvalue weighted by Gasteiger charge is -2.40. The number of ether oxygens (including phenoxy) is 4. The maximum atomic E-state index is 12.7. The summed E-state index contributed by atoms with van der Waals surface area (Å²) in [6, 6.07) is 0. The lowest BCUT2D eigenvalue weighted by Crippen LogP contribution is -2.60. The van der Waals surface area contributed by atoms with Gasteiger partial charge in [-0.15, -0.1) is 0 Å². The zero-order valence-electron chi connectivity index (χ0n) is 32.5. The first-order chi connectivity index (χ1) is 26.0. The lowest BCUT2D eigenvalue weighted by molar-refractivity contribution is -0.297. The molecule has 310 valence electrons. The highest BCUT2D eigenvalue weighted by molar-refractivity contribution is 7.85. The first-order valence-corrected chi connectivity index (χ1v) is 21.5. The van der Waals surface area contributed by atoms with E-state index in [9.17, 15) is 37.9 Å². The predicted octanol–water partition coefficient (Wildman–Crippen LogP) is 7.00. The van der Waals surface area contributed by atoms with E-state index in [1.807, 2.05) is 54.7 Å². The number of hydrogen-bond donors (Lipinski definition) is 4. The van der Waals surface area contributed by atoms with Crippen molar-refractivity contribution in [1.29, 1.82) is 0 Å². The SMILES string of the molecule is CC/C=C/C=C/C=C/C=C/C=C/CCCC(=O)OC(COC(=O)CCCCCCCCCCCCCCC)CO[C@@H]1O[C@@H](CS(=O)(=O)O)[C@H](O)C(O)C1O. The molecule has 6 atom stereocenters. The van der Waals surface area contributed by atoms with Crippen molar-refractivity contribution in [1.82, 2.24) is 0 Å². The van der Waals surface area contributed by atoms with E-state index < -0.39 is 71.2 Å². The molecule has 12 nitrogen and oxygen atoms in total. The van der Waals surface area contributed by atoms with Crippen molar-refractivity contribution in [2.75, 3.05) is 19.0 Å². The molecule has 0 aromatic rings. The summed E-state index contributed by atoms with van der Waals surface area (Å²) >= 11 is 0. The molecule has 1 aliphatic rings. The number of rotatable bonds is 31. The Morgan fingerprint density at radius 3 is 1.72 bits per heavy atom. The van der Waals surface area contributed by atoms with Gasteiger partial charge >= 0.3 is 11.9 Å². The van der Waals surface area contributed by atoms with Crippen LogP contribution in [-0.2, 0) is 38.7 Å². The minimum atomic E-state index is -4.61. The Kier molecular flexibility index (Phi) is 28.8. The zero-order valence-corrected chi connectivity index (χ0v) is 33.4. The summed E-state index contributed by atoms with van der Waals surface area (Å²) in [5.41, 5.74) is 0. The fourth-order valence-corrected chi connectivity index (χ4v) is 6.34. The van der Waals surface area contributed by atoms with Crippen LogP contribution in [0.4, 0.5) is 0 Å². The van der Waals surface area contributed by atoms with Crippen LogP contribution in [0.2, 0.25) is 0 Å². The largest absolute Gasteiger partial charge is 0.462 e. The van der Waals surface area contributed by atoms with Crippen LogP contribution in [-0.4, -0.2) is 96.0 Å². The number of esters is 2. The molecule has 0 aromatic heterocycles. The molecule has 1 heterocycles. The Bertz CT molecular complexity index is 1240. The number of aliphatic hydroxyl groups excluding tert-OH is 3. The van der Waals surface area contributed by atoms with E-state index in [0.717, 1.165) is 25.7 Å². The quantitative estimate of drug-likeness (QED) is 0.0245. The normalized spacial score (nSPS) is 21.6. The molecule has 1 fully saturated rings. The molecule has 54 heavy (non-hydrogen) atoms. The van der Waals surface area contributed by atoms with Crippen molar-refractivity contribution in [2.45, 2.75) is 166 Å². The highest BCUT2D eigenvalue weighted by Crippen LogP contribution is 2.24. The van der Waals surface area contributed by atoms with Gasteiger partial charge in [-0.2, -0.15) is 8.42 Å². The molecule has 1 aliphatic heterocycles. The Morgan fingerprint density at radius 1 is 0.648 bits per heavy atom. The van der Waals surface area contributed by atoms with Crippen LogP contribution in [0.3, 0.4) is 0 Å². The van der Waals surface area contributed by atoms with Gasteiger partial charge in [0.1, 0.15) is 36.8 Å². The van der Waals surface area contributed by atoms with Gasteiger partial charge in [-0.3, -0.25) is 14.1 Å². The summed E-state index contributed by atoms with van der Waals surface area (Å²) < 4.78 is 53.8.